The molecule has 0 aliphatic heterocycles. The van der Waals surface area contributed by atoms with Gasteiger partial charge in [0.1, 0.15) is 11.5 Å². The standard InChI is InChI=1S/C12H11BrClNO/c1-8-2-4-10(16-8)7-15-12-6-9(13)3-5-11(12)14/h2-6,15H,7H2,1H3. The predicted molar refractivity (Wildman–Crippen MR) is 69.9 cm³/mol. The van der Waals surface area contributed by atoms with Gasteiger partial charge in [-0.15, -0.1) is 0 Å². The Bertz CT molecular complexity index is 496. The Morgan fingerprint density at radius 2 is 2.12 bits per heavy atom. The maximum absolute atomic E-state index is 6.05. The third kappa shape index (κ3) is 2.80. The molecule has 0 fully saturated rings. The minimum Gasteiger partial charge on any atom is -0.465 e. The van der Waals surface area contributed by atoms with Gasteiger partial charge in [-0.25, -0.2) is 0 Å². The van der Waals surface area contributed by atoms with Crippen LogP contribution in [0.5, 0.6) is 0 Å². The zero-order valence-corrected chi connectivity index (χ0v) is 11.1. The molecule has 1 heterocycles. The molecule has 0 radical (unpaired) electrons. The van der Waals surface area contributed by atoms with Crippen LogP contribution in [0.1, 0.15) is 11.5 Å². The normalized spacial score (nSPS) is 10.4. The van der Waals surface area contributed by atoms with Crippen LogP contribution < -0.4 is 5.32 Å². The molecule has 0 bridgehead atoms. The van der Waals surface area contributed by atoms with Gasteiger partial charge in [0.15, 0.2) is 0 Å². The smallest absolute Gasteiger partial charge is 0.123 e. The maximum atomic E-state index is 6.05. The fraction of sp³-hybridized carbons (Fsp3) is 0.167. The molecule has 1 N–H and O–H groups in total. The lowest BCUT2D eigenvalue weighted by molar-refractivity contribution is 0.490. The van der Waals surface area contributed by atoms with Crippen molar-refractivity contribution in [1.29, 1.82) is 0 Å². The zero-order chi connectivity index (χ0) is 11.5. The Hall–Kier alpha value is -0.930. The van der Waals surface area contributed by atoms with Crippen molar-refractivity contribution in [2.75, 3.05) is 5.32 Å². The van der Waals surface area contributed by atoms with Crippen LogP contribution in [0.4, 0.5) is 5.69 Å². The van der Waals surface area contributed by atoms with Crippen molar-refractivity contribution in [3.8, 4) is 0 Å². The van der Waals surface area contributed by atoms with Crippen molar-refractivity contribution in [2.24, 2.45) is 0 Å². The molecule has 1 aromatic heterocycles. The van der Waals surface area contributed by atoms with Crippen molar-refractivity contribution < 1.29 is 4.42 Å². The molecule has 2 aromatic rings. The van der Waals surface area contributed by atoms with Crippen LogP contribution in [0.2, 0.25) is 5.02 Å². The highest BCUT2D eigenvalue weighted by molar-refractivity contribution is 9.10. The number of rotatable bonds is 3. The topological polar surface area (TPSA) is 25.2 Å². The van der Waals surface area contributed by atoms with Crippen molar-refractivity contribution in [1.82, 2.24) is 0 Å². The van der Waals surface area contributed by atoms with Crippen LogP contribution in [0.3, 0.4) is 0 Å². The Morgan fingerprint density at radius 3 is 2.81 bits per heavy atom. The molecular formula is C12H11BrClNO. The Morgan fingerprint density at radius 1 is 1.31 bits per heavy atom. The van der Waals surface area contributed by atoms with Gasteiger partial charge in [0.25, 0.3) is 0 Å². The molecule has 0 aliphatic carbocycles. The summed E-state index contributed by atoms with van der Waals surface area (Å²) in [6, 6.07) is 9.60. The first-order valence-electron chi connectivity index (χ1n) is 4.89. The number of aryl methyl sites for hydroxylation is 1. The van der Waals surface area contributed by atoms with E-state index in [0.717, 1.165) is 21.7 Å². The molecule has 4 heteroatoms. The van der Waals surface area contributed by atoms with E-state index in [0.29, 0.717) is 11.6 Å². The number of halogens is 2. The van der Waals surface area contributed by atoms with Gasteiger partial charge in [0.05, 0.1) is 17.3 Å². The summed E-state index contributed by atoms with van der Waals surface area (Å²) in [5.41, 5.74) is 0.894. The van der Waals surface area contributed by atoms with Gasteiger partial charge in [-0.3, -0.25) is 0 Å². The molecule has 84 valence electrons. The third-order valence-corrected chi connectivity index (χ3v) is 3.00. The summed E-state index contributed by atoms with van der Waals surface area (Å²) in [5, 5.41) is 3.93. The largest absolute Gasteiger partial charge is 0.465 e. The molecule has 2 rings (SSSR count). The van der Waals surface area contributed by atoms with E-state index < -0.39 is 0 Å². The lowest BCUT2D eigenvalue weighted by atomic mass is 10.3. The van der Waals surface area contributed by atoms with Crippen molar-refractivity contribution in [3.05, 3.63) is 51.3 Å². The average molecular weight is 301 g/mol. The van der Waals surface area contributed by atoms with Crippen LogP contribution >= 0.6 is 27.5 Å². The van der Waals surface area contributed by atoms with Gasteiger partial charge < -0.3 is 9.73 Å². The molecule has 0 atom stereocenters. The van der Waals surface area contributed by atoms with Crippen molar-refractivity contribution >= 4 is 33.2 Å². The van der Waals surface area contributed by atoms with E-state index in [1.165, 1.54) is 0 Å². The monoisotopic (exact) mass is 299 g/mol. The van der Waals surface area contributed by atoms with Gasteiger partial charge >= 0.3 is 0 Å². The van der Waals surface area contributed by atoms with Crippen LogP contribution in [0.15, 0.2) is 39.2 Å². The summed E-state index contributed by atoms with van der Waals surface area (Å²) in [7, 11) is 0. The number of furan rings is 1. The predicted octanol–water partition coefficient (Wildman–Crippen LogP) is 4.62. The molecule has 2 nitrogen and oxygen atoms in total. The summed E-state index contributed by atoms with van der Waals surface area (Å²) in [6.45, 7) is 2.56. The molecular weight excluding hydrogens is 289 g/mol. The molecule has 0 saturated carbocycles. The average Bonchev–Trinajstić information content (AvgIpc) is 2.66. The Labute approximate surface area is 108 Å². The van der Waals surface area contributed by atoms with E-state index in [1.807, 2.05) is 37.3 Å². The Kier molecular flexibility index (Phi) is 3.56. The van der Waals surface area contributed by atoms with Crippen LogP contribution in [-0.4, -0.2) is 0 Å². The fourth-order valence-corrected chi connectivity index (χ4v) is 1.94. The first-order valence-corrected chi connectivity index (χ1v) is 6.06. The second-order valence-corrected chi connectivity index (χ2v) is 4.81. The lowest BCUT2D eigenvalue weighted by Gasteiger charge is -2.07. The first-order chi connectivity index (χ1) is 7.65. The second kappa shape index (κ2) is 4.93. The maximum Gasteiger partial charge on any atom is 0.123 e. The van der Waals surface area contributed by atoms with Crippen molar-refractivity contribution in [2.45, 2.75) is 13.5 Å². The van der Waals surface area contributed by atoms with E-state index in [4.69, 9.17) is 16.0 Å². The Balaban J connectivity index is 2.07. The van der Waals surface area contributed by atoms with E-state index >= 15 is 0 Å². The number of anilines is 1. The van der Waals surface area contributed by atoms with Gasteiger partial charge in [-0.2, -0.15) is 0 Å². The summed E-state index contributed by atoms with van der Waals surface area (Å²) < 4.78 is 6.45. The minimum atomic E-state index is 0.629. The SMILES string of the molecule is Cc1ccc(CNc2cc(Br)ccc2Cl)o1. The number of hydrogen-bond acceptors (Lipinski definition) is 2. The van der Waals surface area contributed by atoms with E-state index in [2.05, 4.69) is 21.2 Å². The number of benzene rings is 1. The molecule has 0 saturated heterocycles. The summed E-state index contributed by atoms with van der Waals surface area (Å²) in [5.74, 6) is 1.81. The molecule has 0 unspecified atom stereocenters. The van der Waals surface area contributed by atoms with Crippen LogP contribution in [0, 0.1) is 6.92 Å². The highest BCUT2D eigenvalue weighted by Gasteiger charge is 2.02. The van der Waals surface area contributed by atoms with Crippen LogP contribution in [-0.2, 0) is 6.54 Å². The van der Waals surface area contributed by atoms with Gasteiger partial charge in [0.2, 0.25) is 0 Å². The molecule has 0 aliphatic rings. The number of nitrogens with one attached hydrogen (secondary N) is 1. The van der Waals surface area contributed by atoms with Crippen LogP contribution in [0.25, 0.3) is 0 Å². The summed E-state index contributed by atoms with van der Waals surface area (Å²) in [4.78, 5) is 0. The van der Waals surface area contributed by atoms with Gasteiger partial charge in [0, 0.05) is 4.47 Å². The van der Waals surface area contributed by atoms with E-state index in [9.17, 15) is 0 Å². The number of hydrogen-bond donors (Lipinski definition) is 1. The lowest BCUT2D eigenvalue weighted by Crippen LogP contribution is -1.98. The second-order valence-electron chi connectivity index (χ2n) is 3.49. The molecule has 0 amide bonds. The molecule has 1 aromatic carbocycles. The zero-order valence-electron chi connectivity index (χ0n) is 8.76. The summed E-state index contributed by atoms with van der Waals surface area (Å²) >= 11 is 9.46. The summed E-state index contributed by atoms with van der Waals surface area (Å²) in [6.07, 6.45) is 0. The van der Waals surface area contributed by atoms with Gasteiger partial charge in [-0.1, -0.05) is 27.5 Å². The highest BCUT2D eigenvalue weighted by Crippen LogP contribution is 2.26. The van der Waals surface area contributed by atoms with Crippen molar-refractivity contribution in [3.63, 3.8) is 0 Å². The van der Waals surface area contributed by atoms with E-state index in [1.54, 1.807) is 0 Å². The van der Waals surface area contributed by atoms with Gasteiger partial charge in [-0.05, 0) is 37.3 Å². The molecule has 16 heavy (non-hydrogen) atoms. The van der Waals surface area contributed by atoms with E-state index in [-0.39, 0.29) is 0 Å². The molecule has 0 spiro atoms. The first kappa shape index (κ1) is 11.6. The quantitative estimate of drug-likeness (QED) is 0.895. The fourth-order valence-electron chi connectivity index (χ4n) is 1.40. The third-order valence-electron chi connectivity index (χ3n) is 2.18. The minimum absolute atomic E-state index is 0.629. The highest BCUT2D eigenvalue weighted by atomic mass is 79.9.